The Labute approximate surface area is 122 Å². The Morgan fingerprint density at radius 3 is 2.43 bits per heavy atom. The van der Waals surface area contributed by atoms with Crippen LogP contribution in [0.5, 0.6) is 5.75 Å². The second-order valence-corrected chi connectivity index (χ2v) is 4.13. The monoisotopic (exact) mass is 285 g/mol. The van der Waals surface area contributed by atoms with Gasteiger partial charge in [0.2, 0.25) is 0 Å². The molecule has 0 heterocycles. The zero-order chi connectivity index (χ0) is 15.1. The van der Waals surface area contributed by atoms with Gasteiger partial charge in [0.1, 0.15) is 5.75 Å². The summed E-state index contributed by atoms with van der Waals surface area (Å²) >= 11 is 0. The second kappa shape index (κ2) is 6.95. The molecule has 0 aromatic heterocycles. The molecular weight excluding hydrogens is 270 g/mol. The van der Waals surface area contributed by atoms with E-state index in [1.54, 1.807) is 61.7 Å². The molecule has 3 amide bonds. The van der Waals surface area contributed by atoms with Crippen molar-refractivity contribution in [3.05, 3.63) is 60.2 Å². The Morgan fingerprint density at radius 2 is 1.71 bits per heavy atom. The highest BCUT2D eigenvalue weighted by atomic mass is 16.5. The van der Waals surface area contributed by atoms with Crippen molar-refractivity contribution in [1.29, 1.82) is 0 Å². The molecule has 3 N–H and O–H groups in total. The number of nitrogens with one attached hydrogen (secondary N) is 3. The van der Waals surface area contributed by atoms with Crippen LogP contribution in [0.4, 0.5) is 10.5 Å². The standard InChI is InChI=1S/C15H15N3O3/c1-21-13-9-5-8-12(10-13)16-15(20)18-17-14(19)11-6-3-2-4-7-11/h2-10H,1H3,(H,17,19)(H2,16,18,20). The number of carbonyl (C=O) groups excluding carboxylic acids is 2. The van der Waals surface area contributed by atoms with Gasteiger partial charge < -0.3 is 10.1 Å². The molecule has 0 radical (unpaired) electrons. The summed E-state index contributed by atoms with van der Waals surface area (Å²) < 4.78 is 5.05. The minimum Gasteiger partial charge on any atom is -0.497 e. The second-order valence-electron chi connectivity index (χ2n) is 4.13. The Hall–Kier alpha value is -3.02. The first kappa shape index (κ1) is 14.4. The first-order valence-corrected chi connectivity index (χ1v) is 6.25. The molecule has 6 nitrogen and oxygen atoms in total. The van der Waals surface area contributed by atoms with E-state index in [0.29, 0.717) is 17.0 Å². The summed E-state index contributed by atoms with van der Waals surface area (Å²) in [5.41, 5.74) is 5.61. The van der Waals surface area contributed by atoms with Gasteiger partial charge in [0.05, 0.1) is 7.11 Å². The van der Waals surface area contributed by atoms with E-state index in [0.717, 1.165) is 0 Å². The lowest BCUT2D eigenvalue weighted by Gasteiger charge is -2.09. The molecule has 0 atom stereocenters. The largest absolute Gasteiger partial charge is 0.497 e. The first-order chi connectivity index (χ1) is 10.2. The molecule has 0 spiro atoms. The number of benzene rings is 2. The molecule has 2 rings (SSSR count). The first-order valence-electron chi connectivity index (χ1n) is 6.25. The number of hydrogen-bond acceptors (Lipinski definition) is 3. The molecule has 108 valence electrons. The average Bonchev–Trinajstić information content (AvgIpc) is 2.53. The lowest BCUT2D eigenvalue weighted by molar-refractivity contribution is 0.0938. The summed E-state index contributed by atoms with van der Waals surface area (Å²) in [4.78, 5) is 23.4. The highest BCUT2D eigenvalue weighted by Crippen LogP contribution is 2.16. The third kappa shape index (κ3) is 4.24. The van der Waals surface area contributed by atoms with Gasteiger partial charge in [0, 0.05) is 17.3 Å². The smallest absolute Gasteiger partial charge is 0.337 e. The predicted octanol–water partition coefficient (Wildman–Crippen LogP) is 2.16. The highest BCUT2D eigenvalue weighted by Gasteiger charge is 2.06. The summed E-state index contributed by atoms with van der Waals surface area (Å²) in [6.07, 6.45) is 0. The quantitative estimate of drug-likeness (QED) is 0.756. The van der Waals surface area contributed by atoms with Gasteiger partial charge in [-0.3, -0.25) is 10.2 Å². The van der Waals surface area contributed by atoms with Crippen molar-refractivity contribution in [1.82, 2.24) is 10.9 Å². The maximum Gasteiger partial charge on any atom is 0.337 e. The summed E-state index contributed by atoms with van der Waals surface area (Å²) in [6.45, 7) is 0. The number of urea groups is 1. The molecule has 0 aliphatic rings. The van der Waals surface area contributed by atoms with E-state index in [4.69, 9.17) is 4.74 Å². The van der Waals surface area contributed by atoms with Crippen LogP contribution < -0.4 is 20.9 Å². The van der Waals surface area contributed by atoms with E-state index in [-0.39, 0.29) is 0 Å². The van der Waals surface area contributed by atoms with Crippen LogP contribution in [0.2, 0.25) is 0 Å². The zero-order valence-electron chi connectivity index (χ0n) is 11.4. The molecule has 6 heteroatoms. The number of ether oxygens (including phenoxy) is 1. The normalized spacial score (nSPS) is 9.57. The summed E-state index contributed by atoms with van der Waals surface area (Å²) in [5, 5.41) is 2.58. The summed E-state index contributed by atoms with van der Waals surface area (Å²) in [6, 6.07) is 14.9. The van der Waals surface area contributed by atoms with Gasteiger partial charge in [0.25, 0.3) is 5.91 Å². The van der Waals surface area contributed by atoms with Gasteiger partial charge in [-0.15, -0.1) is 0 Å². The van der Waals surface area contributed by atoms with Gasteiger partial charge in [-0.05, 0) is 24.3 Å². The number of methoxy groups -OCH3 is 1. The molecule has 0 aliphatic carbocycles. The molecule has 2 aromatic carbocycles. The number of hydrazine groups is 1. The van der Waals surface area contributed by atoms with Crippen LogP contribution in [0.25, 0.3) is 0 Å². The maximum atomic E-state index is 11.7. The third-order valence-corrected chi connectivity index (χ3v) is 2.65. The van der Waals surface area contributed by atoms with E-state index in [1.807, 2.05) is 0 Å². The van der Waals surface area contributed by atoms with Crippen molar-refractivity contribution in [3.8, 4) is 5.75 Å². The van der Waals surface area contributed by atoms with Crippen LogP contribution in [-0.4, -0.2) is 19.0 Å². The van der Waals surface area contributed by atoms with Crippen molar-refractivity contribution in [2.75, 3.05) is 12.4 Å². The molecule has 0 saturated heterocycles. The van der Waals surface area contributed by atoms with Crippen molar-refractivity contribution in [2.45, 2.75) is 0 Å². The van der Waals surface area contributed by atoms with Crippen molar-refractivity contribution in [3.63, 3.8) is 0 Å². The van der Waals surface area contributed by atoms with Crippen LogP contribution in [0.1, 0.15) is 10.4 Å². The number of rotatable bonds is 3. The van der Waals surface area contributed by atoms with Crippen LogP contribution in [0.3, 0.4) is 0 Å². The fraction of sp³-hybridized carbons (Fsp3) is 0.0667. The van der Waals surface area contributed by atoms with E-state index in [2.05, 4.69) is 16.2 Å². The Morgan fingerprint density at radius 1 is 0.952 bits per heavy atom. The van der Waals surface area contributed by atoms with Crippen LogP contribution in [-0.2, 0) is 0 Å². The number of amides is 3. The molecular formula is C15H15N3O3. The minimum absolute atomic E-state index is 0.392. The Balaban J connectivity index is 1.86. The SMILES string of the molecule is COc1cccc(NC(=O)NNC(=O)c2ccccc2)c1. The van der Waals surface area contributed by atoms with E-state index in [9.17, 15) is 9.59 Å². The summed E-state index contributed by atoms with van der Waals surface area (Å²) in [7, 11) is 1.54. The number of carbonyl (C=O) groups is 2. The molecule has 0 unspecified atom stereocenters. The maximum absolute atomic E-state index is 11.7. The molecule has 0 fully saturated rings. The van der Waals surface area contributed by atoms with Crippen LogP contribution in [0.15, 0.2) is 54.6 Å². The average molecular weight is 285 g/mol. The number of hydrogen-bond donors (Lipinski definition) is 3. The van der Waals surface area contributed by atoms with Crippen LogP contribution >= 0.6 is 0 Å². The van der Waals surface area contributed by atoms with E-state index < -0.39 is 11.9 Å². The highest BCUT2D eigenvalue weighted by molar-refractivity contribution is 5.97. The van der Waals surface area contributed by atoms with Gasteiger partial charge in [-0.25, -0.2) is 10.2 Å². The van der Waals surface area contributed by atoms with Gasteiger partial charge in [-0.1, -0.05) is 24.3 Å². The molecule has 21 heavy (non-hydrogen) atoms. The molecule has 2 aromatic rings. The minimum atomic E-state index is -0.549. The molecule has 0 saturated carbocycles. The van der Waals surface area contributed by atoms with E-state index in [1.165, 1.54) is 0 Å². The topological polar surface area (TPSA) is 79.5 Å². The van der Waals surface area contributed by atoms with Gasteiger partial charge in [0.15, 0.2) is 0 Å². The van der Waals surface area contributed by atoms with Crippen LogP contribution in [0, 0.1) is 0 Å². The molecule has 0 aliphatic heterocycles. The lowest BCUT2D eigenvalue weighted by Crippen LogP contribution is -2.43. The van der Waals surface area contributed by atoms with Gasteiger partial charge >= 0.3 is 6.03 Å². The Bertz CT molecular complexity index is 629. The predicted molar refractivity (Wildman–Crippen MR) is 79.1 cm³/mol. The fourth-order valence-corrected chi connectivity index (χ4v) is 1.64. The lowest BCUT2D eigenvalue weighted by atomic mass is 10.2. The molecule has 0 bridgehead atoms. The third-order valence-electron chi connectivity index (χ3n) is 2.65. The zero-order valence-corrected chi connectivity index (χ0v) is 11.4. The fourth-order valence-electron chi connectivity index (χ4n) is 1.64. The Kier molecular flexibility index (Phi) is 4.76. The number of anilines is 1. The van der Waals surface area contributed by atoms with Crippen molar-refractivity contribution >= 4 is 17.6 Å². The van der Waals surface area contributed by atoms with E-state index >= 15 is 0 Å². The van der Waals surface area contributed by atoms with Crippen molar-refractivity contribution in [2.24, 2.45) is 0 Å². The summed E-state index contributed by atoms with van der Waals surface area (Å²) in [5.74, 6) is 0.234. The van der Waals surface area contributed by atoms with Gasteiger partial charge in [-0.2, -0.15) is 0 Å². The van der Waals surface area contributed by atoms with Crippen molar-refractivity contribution < 1.29 is 14.3 Å².